The van der Waals surface area contributed by atoms with Gasteiger partial charge in [-0.3, -0.25) is 9.79 Å². The lowest BCUT2D eigenvalue weighted by Gasteiger charge is -2.03. The molecule has 0 spiro atoms. The summed E-state index contributed by atoms with van der Waals surface area (Å²) in [7, 11) is 0. The molecule has 0 aliphatic rings. The Morgan fingerprint density at radius 3 is 2.60 bits per heavy atom. The van der Waals surface area contributed by atoms with Crippen molar-refractivity contribution in [3.63, 3.8) is 0 Å². The van der Waals surface area contributed by atoms with Crippen LogP contribution in [0.25, 0.3) is 0 Å². The van der Waals surface area contributed by atoms with Crippen LogP contribution in [0.2, 0.25) is 0 Å². The molecule has 0 saturated heterocycles. The quantitative estimate of drug-likeness (QED) is 0.625. The molecule has 20 heavy (non-hydrogen) atoms. The number of nitrogens with zero attached hydrogens (tertiary/aromatic N) is 2. The molecule has 0 heterocycles. The molecule has 1 unspecified atom stereocenters. The predicted octanol–water partition coefficient (Wildman–Crippen LogP) is 4.17. The van der Waals surface area contributed by atoms with Gasteiger partial charge in [0.1, 0.15) is 5.92 Å². The number of benzene rings is 2. The number of hydrogen-bond acceptors (Lipinski definition) is 3. The summed E-state index contributed by atoms with van der Waals surface area (Å²) in [5.74, 6) is -1.14. The van der Waals surface area contributed by atoms with Gasteiger partial charge in [0.25, 0.3) is 0 Å². The fraction of sp³-hybridized carbons (Fsp3) is 0.0625. The lowest BCUT2D eigenvalue weighted by molar-refractivity contribution is 0.0976. The highest BCUT2D eigenvalue weighted by molar-refractivity contribution is 9.10. The number of Topliss-reactive ketones (excluding diaryl/α,β-unsaturated/α-hetero) is 1. The molecule has 0 aliphatic heterocycles. The summed E-state index contributed by atoms with van der Waals surface area (Å²) < 4.78 is 0.806. The molecular formula is C16H11BrN2O. The van der Waals surface area contributed by atoms with E-state index in [1.165, 1.54) is 6.21 Å². The molecule has 2 rings (SSSR count). The molecule has 1 atom stereocenters. The smallest absolute Gasteiger partial charge is 0.185 e. The number of aliphatic imine (C=N–C) groups is 1. The normalized spacial score (nSPS) is 12.0. The van der Waals surface area contributed by atoms with E-state index >= 15 is 0 Å². The topological polar surface area (TPSA) is 53.2 Å². The Hall–Kier alpha value is -2.25. The van der Waals surface area contributed by atoms with E-state index < -0.39 is 5.92 Å². The largest absolute Gasteiger partial charge is 0.292 e. The Bertz CT molecular complexity index is 674. The summed E-state index contributed by atoms with van der Waals surface area (Å²) in [4.78, 5) is 16.4. The third kappa shape index (κ3) is 3.62. The standard InChI is InChI=1S/C16H11BrN2O/c17-14-6-4-5-12(9-14)16(20)13(10-18)11-19-15-7-2-1-3-8-15/h1-9,11,13H. The van der Waals surface area contributed by atoms with Gasteiger partial charge in [-0.1, -0.05) is 46.3 Å². The van der Waals surface area contributed by atoms with Gasteiger partial charge in [0, 0.05) is 16.3 Å². The maximum absolute atomic E-state index is 12.2. The third-order valence-corrected chi connectivity index (χ3v) is 3.15. The van der Waals surface area contributed by atoms with Crippen LogP contribution in [0.1, 0.15) is 10.4 Å². The van der Waals surface area contributed by atoms with Crippen LogP contribution in [-0.4, -0.2) is 12.0 Å². The number of rotatable bonds is 4. The van der Waals surface area contributed by atoms with E-state index in [4.69, 9.17) is 5.26 Å². The van der Waals surface area contributed by atoms with Gasteiger partial charge >= 0.3 is 0 Å². The fourth-order valence-electron chi connectivity index (χ4n) is 1.66. The SMILES string of the molecule is N#CC(C=Nc1ccccc1)C(=O)c1cccc(Br)c1. The van der Waals surface area contributed by atoms with Crippen molar-refractivity contribution in [2.75, 3.05) is 0 Å². The van der Waals surface area contributed by atoms with Crippen molar-refractivity contribution in [3.05, 3.63) is 64.6 Å². The van der Waals surface area contributed by atoms with Crippen LogP contribution < -0.4 is 0 Å². The monoisotopic (exact) mass is 326 g/mol. The number of hydrogen-bond donors (Lipinski definition) is 0. The average Bonchev–Trinajstić information content (AvgIpc) is 2.48. The van der Waals surface area contributed by atoms with Crippen LogP contribution >= 0.6 is 15.9 Å². The minimum atomic E-state index is -0.885. The Morgan fingerprint density at radius 1 is 1.20 bits per heavy atom. The second kappa shape index (κ2) is 6.78. The van der Waals surface area contributed by atoms with E-state index in [9.17, 15) is 4.79 Å². The average molecular weight is 327 g/mol. The number of ketones is 1. The zero-order valence-electron chi connectivity index (χ0n) is 10.5. The van der Waals surface area contributed by atoms with E-state index in [0.29, 0.717) is 5.56 Å². The van der Waals surface area contributed by atoms with Gasteiger partial charge < -0.3 is 0 Å². The minimum absolute atomic E-state index is 0.256. The Morgan fingerprint density at radius 2 is 1.95 bits per heavy atom. The first-order chi connectivity index (χ1) is 9.70. The molecule has 0 amide bonds. The molecular weight excluding hydrogens is 316 g/mol. The zero-order valence-corrected chi connectivity index (χ0v) is 12.1. The lowest BCUT2D eigenvalue weighted by Crippen LogP contribution is -2.14. The second-order valence-electron chi connectivity index (χ2n) is 4.10. The van der Waals surface area contributed by atoms with Crippen LogP contribution in [0.3, 0.4) is 0 Å². The number of carbonyl (C=O) groups is 1. The highest BCUT2D eigenvalue weighted by atomic mass is 79.9. The van der Waals surface area contributed by atoms with Crippen molar-refractivity contribution in [3.8, 4) is 6.07 Å². The highest BCUT2D eigenvalue weighted by Crippen LogP contribution is 2.16. The van der Waals surface area contributed by atoms with Gasteiger partial charge in [-0.2, -0.15) is 5.26 Å². The molecule has 0 aromatic heterocycles. The molecule has 0 saturated carbocycles. The first-order valence-electron chi connectivity index (χ1n) is 5.99. The van der Waals surface area contributed by atoms with E-state index in [-0.39, 0.29) is 5.78 Å². The van der Waals surface area contributed by atoms with Crippen molar-refractivity contribution < 1.29 is 4.79 Å². The molecule has 2 aromatic carbocycles. The summed E-state index contributed by atoms with van der Waals surface area (Å²) in [6.07, 6.45) is 1.39. The lowest BCUT2D eigenvalue weighted by atomic mass is 10.00. The minimum Gasteiger partial charge on any atom is -0.292 e. The third-order valence-electron chi connectivity index (χ3n) is 2.66. The molecule has 0 aliphatic carbocycles. The van der Waals surface area contributed by atoms with E-state index in [1.807, 2.05) is 42.5 Å². The van der Waals surface area contributed by atoms with Gasteiger partial charge in [-0.25, -0.2) is 0 Å². The summed E-state index contributed by atoms with van der Waals surface area (Å²) in [6.45, 7) is 0. The van der Waals surface area contributed by atoms with Crippen LogP contribution in [-0.2, 0) is 0 Å². The molecule has 0 radical (unpaired) electrons. The summed E-state index contributed by atoms with van der Waals surface area (Å²) >= 11 is 3.31. The number of nitriles is 1. The zero-order chi connectivity index (χ0) is 14.4. The van der Waals surface area contributed by atoms with Crippen LogP contribution in [0.5, 0.6) is 0 Å². The molecule has 0 N–H and O–H groups in total. The first kappa shape index (κ1) is 14.2. The van der Waals surface area contributed by atoms with Crippen molar-refractivity contribution in [1.82, 2.24) is 0 Å². The molecule has 98 valence electrons. The Labute approximate surface area is 125 Å². The van der Waals surface area contributed by atoms with Gasteiger partial charge in [0.05, 0.1) is 11.8 Å². The van der Waals surface area contributed by atoms with Gasteiger partial charge in [-0.05, 0) is 24.3 Å². The first-order valence-corrected chi connectivity index (χ1v) is 6.78. The summed E-state index contributed by atoms with van der Waals surface area (Å²) in [6, 6.07) is 18.2. The fourth-order valence-corrected chi connectivity index (χ4v) is 2.05. The maximum atomic E-state index is 12.2. The van der Waals surface area contributed by atoms with Gasteiger partial charge in [0.2, 0.25) is 0 Å². The second-order valence-corrected chi connectivity index (χ2v) is 5.01. The Kier molecular flexibility index (Phi) is 4.80. The maximum Gasteiger partial charge on any atom is 0.185 e. The van der Waals surface area contributed by atoms with Gasteiger partial charge in [0.15, 0.2) is 5.78 Å². The molecule has 3 nitrogen and oxygen atoms in total. The summed E-state index contributed by atoms with van der Waals surface area (Å²) in [5, 5.41) is 9.13. The van der Waals surface area contributed by atoms with Crippen LogP contribution in [0, 0.1) is 17.2 Å². The van der Waals surface area contributed by atoms with Crippen LogP contribution in [0.4, 0.5) is 5.69 Å². The van der Waals surface area contributed by atoms with Crippen molar-refractivity contribution in [1.29, 1.82) is 5.26 Å². The predicted molar refractivity (Wildman–Crippen MR) is 82.2 cm³/mol. The van der Waals surface area contributed by atoms with E-state index in [2.05, 4.69) is 20.9 Å². The van der Waals surface area contributed by atoms with E-state index in [1.54, 1.807) is 18.2 Å². The highest BCUT2D eigenvalue weighted by Gasteiger charge is 2.17. The van der Waals surface area contributed by atoms with Crippen LogP contribution in [0.15, 0.2) is 64.1 Å². The Balaban J connectivity index is 2.19. The van der Waals surface area contributed by atoms with E-state index in [0.717, 1.165) is 10.2 Å². The van der Waals surface area contributed by atoms with Crippen molar-refractivity contribution in [2.24, 2.45) is 10.9 Å². The molecule has 0 bridgehead atoms. The molecule has 2 aromatic rings. The van der Waals surface area contributed by atoms with Gasteiger partial charge in [-0.15, -0.1) is 0 Å². The van der Waals surface area contributed by atoms with Crippen molar-refractivity contribution >= 4 is 33.6 Å². The van der Waals surface area contributed by atoms with Crippen molar-refractivity contribution in [2.45, 2.75) is 0 Å². The molecule has 4 heteroatoms. The number of para-hydroxylation sites is 1. The molecule has 0 fully saturated rings. The summed E-state index contributed by atoms with van der Waals surface area (Å²) in [5.41, 5.74) is 1.21. The number of carbonyl (C=O) groups excluding carboxylic acids is 1. The number of halogens is 1.